The second kappa shape index (κ2) is 6.00. The van der Waals surface area contributed by atoms with Gasteiger partial charge in [0.1, 0.15) is 23.6 Å². The van der Waals surface area contributed by atoms with Crippen LogP contribution in [0.4, 0.5) is 11.5 Å². The quantitative estimate of drug-likeness (QED) is 0.662. The molecule has 0 fully saturated rings. The first-order valence-electron chi connectivity index (χ1n) is 6.35. The summed E-state index contributed by atoms with van der Waals surface area (Å²) in [6.45, 7) is 2.47. The van der Waals surface area contributed by atoms with Crippen LogP contribution in [0.5, 0.6) is 0 Å². The molecule has 1 N–H and O–H groups in total. The lowest BCUT2D eigenvalue weighted by molar-refractivity contribution is -0.385. The molecule has 0 saturated carbocycles. The van der Waals surface area contributed by atoms with Gasteiger partial charge in [0, 0.05) is 31.4 Å². The standard InChI is InChI=1S/C13H14N6O2/c1-3-12-10(8-18(2)17-12)6-15-13-9(5-14)4-11(7-16-13)19(20)21/h4,7-8H,3,6H2,1-2H3,(H,15,16). The Hall–Kier alpha value is -2.95. The van der Waals surface area contributed by atoms with Gasteiger partial charge in [0.25, 0.3) is 5.69 Å². The van der Waals surface area contributed by atoms with Gasteiger partial charge in [0.05, 0.1) is 10.6 Å². The van der Waals surface area contributed by atoms with Crippen molar-refractivity contribution < 1.29 is 4.92 Å². The molecule has 0 aliphatic rings. The van der Waals surface area contributed by atoms with E-state index in [0.717, 1.165) is 23.9 Å². The molecular weight excluding hydrogens is 272 g/mol. The van der Waals surface area contributed by atoms with Crippen molar-refractivity contribution in [1.82, 2.24) is 14.8 Å². The Balaban J connectivity index is 2.20. The Bertz CT molecular complexity index is 716. The zero-order valence-corrected chi connectivity index (χ0v) is 11.7. The monoisotopic (exact) mass is 286 g/mol. The van der Waals surface area contributed by atoms with Gasteiger partial charge in [0.2, 0.25) is 0 Å². The first-order chi connectivity index (χ1) is 10.0. The molecule has 2 aromatic heterocycles. The number of pyridine rings is 1. The third-order valence-electron chi connectivity index (χ3n) is 2.98. The molecule has 0 aliphatic heterocycles. The van der Waals surface area contributed by atoms with E-state index in [1.807, 2.05) is 26.2 Å². The van der Waals surface area contributed by atoms with Crippen LogP contribution >= 0.6 is 0 Å². The van der Waals surface area contributed by atoms with Crippen LogP contribution in [0, 0.1) is 21.4 Å². The van der Waals surface area contributed by atoms with Crippen LogP contribution < -0.4 is 5.32 Å². The SMILES string of the molecule is CCc1nn(C)cc1CNc1ncc([N+](=O)[O-])cc1C#N. The highest BCUT2D eigenvalue weighted by Gasteiger charge is 2.13. The van der Waals surface area contributed by atoms with Crippen molar-refractivity contribution in [3.63, 3.8) is 0 Å². The largest absolute Gasteiger partial charge is 0.365 e. The van der Waals surface area contributed by atoms with Gasteiger partial charge >= 0.3 is 0 Å². The number of nitro groups is 1. The molecule has 2 rings (SSSR count). The molecule has 8 heteroatoms. The van der Waals surface area contributed by atoms with Crippen molar-refractivity contribution in [2.24, 2.45) is 7.05 Å². The van der Waals surface area contributed by atoms with E-state index in [1.54, 1.807) is 4.68 Å². The van der Waals surface area contributed by atoms with Crippen molar-refractivity contribution in [3.8, 4) is 6.07 Å². The Morgan fingerprint density at radius 1 is 1.57 bits per heavy atom. The predicted molar refractivity (Wildman–Crippen MR) is 75.5 cm³/mol. The molecule has 2 heterocycles. The third-order valence-corrected chi connectivity index (χ3v) is 2.98. The Morgan fingerprint density at radius 2 is 2.33 bits per heavy atom. The van der Waals surface area contributed by atoms with Gasteiger partial charge in [-0.3, -0.25) is 14.8 Å². The number of aryl methyl sites for hydroxylation is 2. The average molecular weight is 286 g/mol. The first kappa shape index (κ1) is 14.5. The smallest absolute Gasteiger partial charge is 0.289 e. The van der Waals surface area contributed by atoms with E-state index in [-0.39, 0.29) is 11.3 Å². The highest BCUT2D eigenvalue weighted by Crippen LogP contribution is 2.19. The minimum atomic E-state index is -0.575. The molecule has 0 saturated heterocycles. The molecule has 0 amide bonds. The van der Waals surface area contributed by atoms with E-state index in [0.29, 0.717) is 12.4 Å². The predicted octanol–water partition coefficient (Wildman–Crippen LogP) is 1.77. The summed E-state index contributed by atoms with van der Waals surface area (Å²) >= 11 is 0. The van der Waals surface area contributed by atoms with E-state index in [2.05, 4.69) is 15.4 Å². The summed E-state index contributed by atoms with van der Waals surface area (Å²) in [6.07, 6.45) is 3.83. The Kier molecular flexibility index (Phi) is 4.13. The second-order valence-electron chi connectivity index (χ2n) is 4.44. The lowest BCUT2D eigenvalue weighted by atomic mass is 10.2. The van der Waals surface area contributed by atoms with Crippen molar-refractivity contribution in [2.75, 3.05) is 5.32 Å². The molecule has 0 unspecified atom stereocenters. The van der Waals surface area contributed by atoms with Crippen molar-refractivity contribution in [2.45, 2.75) is 19.9 Å². The molecule has 0 radical (unpaired) electrons. The van der Waals surface area contributed by atoms with Crippen LogP contribution in [0.15, 0.2) is 18.5 Å². The number of hydrogen-bond donors (Lipinski definition) is 1. The van der Waals surface area contributed by atoms with Gasteiger partial charge < -0.3 is 5.32 Å². The molecule has 0 bridgehead atoms. The second-order valence-corrected chi connectivity index (χ2v) is 4.44. The zero-order valence-electron chi connectivity index (χ0n) is 11.7. The molecule has 0 aromatic carbocycles. The molecule has 21 heavy (non-hydrogen) atoms. The maximum absolute atomic E-state index is 10.7. The summed E-state index contributed by atoms with van der Waals surface area (Å²) in [5.74, 6) is 0.328. The summed E-state index contributed by atoms with van der Waals surface area (Å²) in [5.41, 5.74) is 1.91. The molecule has 108 valence electrons. The number of anilines is 1. The summed E-state index contributed by atoms with van der Waals surface area (Å²) < 4.78 is 1.73. The minimum Gasteiger partial charge on any atom is -0.365 e. The van der Waals surface area contributed by atoms with Crippen LogP contribution in [0.3, 0.4) is 0 Å². The zero-order chi connectivity index (χ0) is 15.4. The third kappa shape index (κ3) is 3.14. The number of hydrogen-bond acceptors (Lipinski definition) is 6. The van der Waals surface area contributed by atoms with E-state index in [1.165, 1.54) is 6.07 Å². The maximum atomic E-state index is 10.7. The molecule has 0 aliphatic carbocycles. The van der Waals surface area contributed by atoms with Crippen molar-refractivity contribution >= 4 is 11.5 Å². The molecular formula is C13H14N6O2. The van der Waals surface area contributed by atoms with Crippen LogP contribution in [0.1, 0.15) is 23.7 Å². The summed E-state index contributed by atoms with van der Waals surface area (Å²) in [4.78, 5) is 14.0. The topological polar surface area (TPSA) is 110 Å². The molecule has 2 aromatic rings. The summed E-state index contributed by atoms with van der Waals surface area (Å²) in [5, 5.41) is 27.1. The molecule has 8 nitrogen and oxygen atoms in total. The summed E-state index contributed by atoms with van der Waals surface area (Å²) in [6, 6.07) is 3.12. The Labute approximate surface area is 121 Å². The number of nitriles is 1. The van der Waals surface area contributed by atoms with Gasteiger partial charge in [-0.15, -0.1) is 0 Å². The lowest BCUT2D eigenvalue weighted by Gasteiger charge is -2.06. The number of nitrogens with one attached hydrogen (secondary N) is 1. The fourth-order valence-electron chi connectivity index (χ4n) is 1.99. The van der Waals surface area contributed by atoms with Crippen LogP contribution in [0.25, 0.3) is 0 Å². The average Bonchev–Trinajstić information content (AvgIpc) is 2.84. The highest BCUT2D eigenvalue weighted by atomic mass is 16.6. The van der Waals surface area contributed by atoms with E-state index < -0.39 is 4.92 Å². The van der Waals surface area contributed by atoms with Gasteiger partial charge in [-0.25, -0.2) is 4.98 Å². The normalized spacial score (nSPS) is 10.1. The van der Waals surface area contributed by atoms with Gasteiger partial charge in [-0.2, -0.15) is 10.4 Å². The fourth-order valence-corrected chi connectivity index (χ4v) is 1.99. The van der Waals surface area contributed by atoms with Gasteiger partial charge in [0.15, 0.2) is 0 Å². The maximum Gasteiger partial charge on any atom is 0.289 e. The minimum absolute atomic E-state index is 0.145. The van der Waals surface area contributed by atoms with Crippen LogP contribution in [-0.2, 0) is 20.0 Å². The first-order valence-corrected chi connectivity index (χ1v) is 6.35. The number of aromatic nitrogens is 3. The van der Waals surface area contributed by atoms with Crippen LogP contribution in [-0.4, -0.2) is 19.7 Å². The fraction of sp³-hybridized carbons (Fsp3) is 0.308. The number of nitrogens with zero attached hydrogens (tertiary/aromatic N) is 5. The van der Waals surface area contributed by atoms with Crippen LogP contribution in [0.2, 0.25) is 0 Å². The highest BCUT2D eigenvalue weighted by molar-refractivity contribution is 5.55. The summed E-state index contributed by atoms with van der Waals surface area (Å²) in [7, 11) is 1.84. The van der Waals surface area contributed by atoms with Crippen molar-refractivity contribution in [3.05, 3.63) is 45.4 Å². The van der Waals surface area contributed by atoms with E-state index >= 15 is 0 Å². The van der Waals surface area contributed by atoms with Gasteiger partial charge in [-0.05, 0) is 6.42 Å². The Morgan fingerprint density at radius 3 is 2.95 bits per heavy atom. The van der Waals surface area contributed by atoms with Gasteiger partial charge in [-0.1, -0.05) is 6.92 Å². The molecule has 0 spiro atoms. The molecule has 0 atom stereocenters. The van der Waals surface area contributed by atoms with E-state index in [4.69, 9.17) is 5.26 Å². The lowest BCUT2D eigenvalue weighted by Crippen LogP contribution is -2.05. The van der Waals surface area contributed by atoms with E-state index in [9.17, 15) is 10.1 Å². The van der Waals surface area contributed by atoms with Crippen molar-refractivity contribution in [1.29, 1.82) is 5.26 Å². The number of rotatable bonds is 5.